The molecule has 1 N–H and O–H groups in total. The fourth-order valence-electron chi connectivity index (χ4n) is 1.65. The SMILES string of the molecule is CC(CC(=N)Cc1ccccc1)C[N+](=O)[O-]. The summed E-state index contributed by atoms with van der Waals surface area (Å²) in [5.74, 6) is -0.0637. The van der Waals surface area contributed by atoms with Gasteiger partial charge in [0.15, 0.2) is 0 Å². The van der Waals surface area contributed by atoms with E-state index in [1.807, 2.05) is 37.3 Å². The van der Waals surface area contributed by atoms with Gasteiger partial charge in [-0.1, -0.05) is 37.3 Å². The van der Waals surface area contributed by atoms with Gasteiger partial charge in [0.1, 0.15) is 0 Å². The maximum Gasteiger partial charge on any atom is 0.206 e. The molecule has 0 radical (unpaired) electrons. The van der Waals surface area contributed by atoms with Crippen LogP contribution in [0.15, 0.2) is 30.3 Å². The highest BCUT2D eigenvalue weighted by Gasteiger charge is 2.12. The molecule has 4 heteroatoms. The summed E-state index contributed by atoms with van der Waals surface area (Å²) in [7, 11) is 0. The molecule has 0 spiro atoms. The van der Waals surface area contributed by atoms with Crippen molar-refractivity contribution < 1.29 is 4.92 Å². The fourth-order valence-corrected chi connectivity index (χ4v) is 1.65. The molecule has 0 saturated heterocycles. The van der Waals surface area contributed by atoms with Crippen molar-refractivity contribution in [3.8, 4) is 0 Å². The molecule has 0 aromatic heterocycles. The van der Waals surface area contributed by atoms with Crippen LogP contribution < -0.4 is 0 Å². The van der Waals surface area contributed by atoms with Gasteiger partial charge in [-0.15, -0.1) is 0 Å². The topological polar surface area (TPSA) is 67.0 Å². The Kier molecular flexibility index (Phi) is 4.64. The zero-order valence-corrected chi connectivity index (χ0v) is 9.35. The Morgan fingerprint density at radius 3 is 2.62 bits per heavy atom. The van der Waals surface area contributed by atoms with Crippen molar-refractivity contribution in [1.82, 2.24) is 0 Å². The predicted octanol–water partition coefficient (Wildman–Crippen LogP) is 2.55. The Labute approximate surface area is 95.0 Å². The summed E-state index contributed by atoms with van der Waals surface area (Å²) in [5, 5.41) is 18.1. The zero-order chi connectivity index (χ0) is 12.0. The van der Waals surface area contributed by atoms with Gasteiger partial charge in [-0.05, 0) is 12.0 Å². The normalized spacial score (nSPS) is 12.1. The van der Waals surface area contributed by atoms with Crippen LogP contribution in [0, 0.1) is 21.4 Å². The minimum atomic E-state index is -0.319. The molecule has 0 aliphatic carbocycles. The van der Waals surface area contributed by atoms with Gasteiger partial charge in [0, 0.05) is 23.0 Å². The minimum Gasteiger partial charge on any atom is -0.309 e. The van der Waals surface area contributed by atoms with Crippen LogP contribution in [0.25, 0.3) is 0 Å². The molecular weight excluding hydrogens is 204 g/mol. The molecule has 0 fully saturated rings. The van der Waals surface area contributed by atoms with Gasteiger partial charge in [-0.25, -0.2) is 0 Å². The lowest BCUT2D eigenvalue weighted by molar-refractivity contribution is -0.487. The smallest absolute Gasteiger partial charge is 0.206 e. The Hall–Kier alpha value is -1.71. The van der Waals surface area contributed by atoms with Crippen LogP contribution in [0.2, 0.25) is 0 Å². The minimum absolute atomic E-state index is 0.0584. The van der Waals surface area contributed by atoms with Crippen LogP contribution in [-0.4, -0.2) is 17.2 Å². The van der Waals surface area contributed by atoms with Crippen LogP contribution in [0.3, 0.4) is 0 Å². The summed E-state index contributed by atoms with van der Waals surface area (Å²) >= 11 is 0. The Morgan fingerprint density at radius 2 is 2.06 bits per heavy atom. The van der Waals surface area contributed by atoms with Gasteiger partial charge >= 0.3 is 0 Å². The standard InChI is InChI=1S/C12H16N2O2/c1-10(9-14(15)16)7-12(13)8-11-5-3-2-4-6-11/h2-6,10,13H,7-9H2,1H3. The number of rotatable bonds is 6. The first-order chi connectivity index (χ1) is 7.58. The molecule has 4 nitrogen and oxygen atoms in total. The Bertz CT molecular complexity index is 363. The van der Waals surface area contributed by atoms with E-state index < -0.39 is 0 Å². The fraction of sp³-hybridized carbons (Fsp3) is 0.417. The maximum absolute atomic E-state index is 10.3. The first kappa shape index (κ1) is 12.4. The van der Waals surface area contributed by atoms with E-state index >= 15 is 0 Å². The van der Waals surface area contributed by atoms with Crippen molar-refractivity contribution in [2.24, 2.45) is 5.92 Å². The monoisotopic (exact) mass is 220 g/mol. The van der Waals surface area contributed by atoms with Crippen LogP contribution in [0.4, 0.5) is 0 Å². The first-order valence-electron chi connectivity index (χ1n) is 5.30. The van der Waals surface area contributed by atoms with Gasteiger partial charge in [0.2, 0.25) is 6.54 Å². The average Bonchev–Trinajstić information content (AvgIpc) is 2.17. The number of nitro groups is 1. The van der Waals surface area contributed by atoms with Crippen molar-refractivity contribution >= 4 is 5.71 Å². The summed E-state index contributed by atoms with van der Waals surface area (Å²) in [6, 6.07) is 9.73. The van der Waals surface area contributed by atoms with Gasteiger partial charge < -0.3 is 5.41 Å². The van der Waals surface area contributed by atoms with Gasteiger partial charge in [0.25, 0.3) is 0 Å². The Morgan fingerprint density at radius 1 is 1.44 bits per heavy atom. The van der Waals surface area contributed by atoms with Gasteiger partial charge in [-0.3, -0.25) is 10.1 Å². The first-order valence-corrected chi connectivity index (χ1v) is 5.30. The molecule has 0 saturated carbocycles. The third-order valence-corrected chi connectivity index (χ3v) is 2.32. The predicted molar refractivity (Wildman–Crippen MR) is 63.5 cm³/mol. The van der Waals surface area contributed by atoms with Crippen LogP contribution in [0.5, 0.6) is 0 Å². The molecule has 0 heterocycles. The zero-order valence-electron chi connectivity index (χ0n) is 9.35. The molecule has 0 aliphatic rings. The number of hydrogen-bond acceptors (Lipinski definition) is 3. The molecule has 16 heavy (non-hydrogen) atoms. The molecule has 1 atom stereocenters. The summed E-state index contributed by atoms with van der Waals surface area (Å²) in [6.45, 7) is 1.75. The molecule has 86 valence electrons. The van der Waals surface area contributed by atoms with Crippen LogP contribution >= 0.6 is 0 Å². The maximum atomic E-state index is 10.3. The highest BCUT2D eigenvalue weighted by atomic mass is 16.6. The summed E-state index contributed by atoms with van der Waals surface area (Å²) in [6.07, 6.45) is 1.08. The van der Waals surface area contributed by atoms with Crippen molar-refractivity contribution in [3.05, 3.63) is 46.0 Å². The van der Waals surface area contributed by atoms with Crippen molar-refractivity contribution in [2.45, 2.75) is 19.8 Å². The Balaban J connectivity index is 2.39. The van der Waals surface area contributed by atoms with Crippen LogP contribution in [-0.2, 0) is 6.42 Å². The van der Waals surface area contributed by atoms with Gasteiger partial charge in [-0.2, -0.15) is 0 Å². The molecule has 0 amide bonds. The molecule has 1 rings (SSSR count). The van der Waals surface area contributed by atoms with Crippen molar-refractivity contribution in [1.29, 1.82) is 5.41 Å². The highest BCUT2D eigenvalue weighted by molar-refractivity contribution is 5.83. The molecule has 1 aromatic rings. The second-order valence-electron chi connectivity index (χ2n) is 4.09. The average molecular weight is 220 g/mol. The molecular formula is C12H16N2O2. The second-order valence-corrected chi connectivity index (χ2v) is 4.09. The summed E-state index contributed by atoms with van der Waals surface area (Å²) < 4.78 is 0. The summed E-state index contributed by atoms with van der Waals surface area (Å²) in [5.41, 5.74) is 1.64. The third kappa shape index (κ3) is 4.68. The summed E-state index contributed by atoms with van der Waals surface area (Å²) in [4.78, 5) is 9.97. The molecule has 1 aromatic carbocycles. The number of benzene rings is 1. The largest absolute Gasteiger partial charge is 0.309 e. The van der Waals surface area contributed by atoms with E-state index in [-0.39, 0.29) is 17.4 Å². The van der Waals surface area contributed by atoms with Gasteiger partial charge in [0.05, 0.1) is 0 Å². The highest BCUT2D eigenvalue weighted by Crippen LogP contribution is 2.08. The van der Waals surface area contributed by atoms with E-state index in [9.17, 15) is 10.1 Å². The van der Waals surface area contributed by atoms with E-state index in [1.54, 1.807) is 0 Å². The van der Waals surface area contributed by atoms with Crippen molar-refractivity contribution in [2.75, 3.05) is 6.54 Å². The quantitative estimate of drug-likeness (QED) is 0.455. The van der Waals surface area contributed by atoms with E-state index in [0.717, 1.165) is 5.56 Å². The van der Waals surface area contributed by atoms with E-state index in [4.69, 9.17) is 5.41 Å². The molecule has 1 unspecified atom stereocenters. The lowest BCUT2D eigenvalue weighted by Crippen LogP contribution is -2.15. The van der Waals surface area contributed by atoms with E-state index in [1.165, 1.54) is 0 Å². The number of hydrogen-bond donors (Lipinski definition) is 1. The van der Waals surface area contributed by atoms with Crippen molar-refractivity contribution in [3.63, 3.8) is 0 Å². The number of nitrogens with one attached hydrogen (secondary N) is 1. The van der Waals surface area contributed by atoms with E-state index in [0.29, 0.717) is 18.6 Å². The van der Waals surface area contributed by atoms with E-state index in [2.05, 4.69) is 0 Å². The lowest BCUT2D eigenvalue weighted by atomic mass is 9.99. The third-order valence-electron chi connectivity index (χ3n) is 2.32. The second kappa shape index (κ2) is 6.00. The lowest BCUT2D eigenvalue weighted by Gasteiger charge is -2.08. The molecule has 0 bridgehead atoms. The van der Waals surface area contributed by atoms with Crippen LogP contribution in [0.1, 0.15) is 18.9 Å². The molecule has 0 aliphatic heterocycles. The number of nitrogens with zero attached hydrogens (tertiary/aromatic N) is 1.